The maximum atomic E-state index is 12.4. The van der Waals surface area contributed by atoms with Crippen molar-refractivity contribution in [3.05, 3.63) is 84.2 Å². The van der Waals surface area contributed by atoms with Crippen LogP contribution in [0.4, 0.5) is 5.82 Å². The first-order valence-corrected chi connectivity index (χ1v) is 9.67. The molecule has 0 aliphatic rings. The quantitative estimate of drug-likeness (QED) is 0.355. The Morgan fingerprint density at radius 3 is 1.89 bits per heavy atom. The number of nitrogen functional groups attached to an aromatic ring is 1. The van der Waals surface area contributed by atoms with E-state index in [4.69, 9.17) is 5.73 Å². The second kappa shape index (κ2) is 10.1. The molecule has 0 atom stereocenters. The van der Waals surface area contributed by atoms with E-state index >= 15 is 0 Å². The van der Waals surface area contributed by atoms with Crippen LogP contribution in [0.25, 0.3) is 33.3 Å². The lowest BCUT2D eigenvalue weighted by atomic mass is 9.99. The molecule has 0 spiro atoms. The van der Waals surface area contributed by atoms with E-state index in [1.165, 1.54) is 6.20 Å². The molecule has 2 N–H and O–H groups in total. The average Bonchev–Trinajstić information content (AvgIpc) is 2.77. The maximum Gasteiger partial charge on any atom is 0.250 e. The first kappa shape index (κ1) is 20.9. The number of aromatic nitrogens is 2. The number of anilines is 1. The Hall–Kier alpha value is -3.40. The van der Waals surface area contributed by atoms with Gasteiger partial charge in [-0.3, -0.25) is 0 Å². The summed E-state index contributed by atoms with van der Waals surface area (Å²) in [6.07, 6.45) is 1.52. The zero-order valence-corrected chi connectivity index (χ0v) is 16.9. The van der Waals surface area contributed by atoms with Crippen LogP contribution in [-0.2, 0) is 0 Å². The van der Waals surface area contributed by atoms with Gasteiger partial charge in [-0.05, 0) is 29.3 Å². The monoisotopic (exact) mass is 373 g/mol. The van der Waals surface area contributed by atoms with Crippen LogP contribution in [0.1, 0.15) is 27.7 Å². The van der Waals surface area contributed by atoms with Gasteiger partial charge in [0.1, 0.15) is 11.3 Å². The van der Waals surface area contributed by atoms with Crippen molar-refractivity contribution in [2.45, 2.75) is 27.7 Å². The first-order chi connectivity index (χ1) is 13.7. The van der Waals surface area contributed by atoms with E-state index in [2.05, 4.69) is 4.98 Å². The van der Waals surface area contributed by atoms with Crippen molar-refractivity contribution in [1.82, 2.24) is 4.98 Å². The number of benzene rings is 2. The van der Waals surface area contributed by atoms with E-state index in [9.17, 15) is 5.21 Å². The summed E-state index contributed by atoms with van der Waals surface area (Å²) in [5.41, 5.74) is 9.98. The Kier molecular flexibility index (Phi) is 7.52. The molecular weight excluding hydrogens is 346 g/mol. The molecule has 0 saturated carbocycles. The van der Waals surface area contributed by atoms with Crippen LogP contribution < -0.4 is 10.5 Å². The van der Waals surface area contributed by atoms with Crippen molar-refractivity contribution in [1.29, 1.82) is 0 Å². The van der Waals surface area contributed by atoms with Gasteiger partial charge in [-0.25, -0.2) is 4.98 Å². The normalized spacial score (nSPS) is 9.71. The van der Waals surface area contributed by atoms with E-state index in [0.717, 1.165) is 26.8 Å². The number of fused-ring (bicyclic) bond motifs is 1. The third-order valence-electron chi connectivity index (χ3n) is 4.03. The number of nitrogens with two attached hydrogens (primary N) is 1. The van der Waals surface area contributed by atoms with E-state index in [1.54, 1.807) is 6.07 Å². The van der Waals surface area contributed by atoms with Crippen LogP contribution in [0.3, 0.4) is 0 Å². The van der Waals surface area contributed by atoms with Crippen LogP contribution in [0, 0.1) is 5.21 Å². The van der Waals surface area contributed by atoms with Crippen molar-refractivity contribution >= 4 is 16.7 Å². The predicted octanol–water partition coefficient (Wildman–Crippen LogP) is 5.84. The molecule has 4 heteroatoms. The highest BCUT2D eigenvalue weighted by Crippen LogP contribution is 2.32. The molecule has 0 aliphatic heterocycles. The number of pyridine rings is 2. The summed E-state index contributed by atoms with van der Waals surface area (Å²) in [5.74, 6) is 0.393. The van der Waals surface area contributed by atoms with Gasteiger partial charge in [0, 0.05) is 17.0 Å². The molecular formula is C24H27N3O. The molecule has 4 nitrogen and oxygen atoms in total. The molecule has 0 bridgehead atoms. The smallest absolute Gasteiger partial charge is 0.250 e. The third kappa shape index (κ3) is 4.29. The van der Waals surface area contributed by atoms with Crippen LogP contribution in [0.2, 0.25) is 0 Å². The molecule has 2 heterocycles. The van der Waals surface area contributed by atoms with E-state index in [0.29, 0.717) is 17.0 Å². The second-order valence-electron chi connectivity index (χ2n) is 5.58. The van der Waals surface area contributed by atoms with Gasteiger partial charge in [-0.15, -0.1) is 0 Å². The van der Waals surface area contributed by atoms with Gasteiger partial charge in [0.05, 0.1) is 0 Å². The Balaban J connectivity index is 0.000000660. The predicted molar refractivity (Wildman–Crippen MR) is 119 cm³/mol. The number of rotatable bonds is 2. The number of hydrogen-bond donors (Lipinski definition) is 1. The lowest BCUT2D eigenvalue weighted by Gasteiger charge is -2.11. The fourth-order valence-corrected chi connectivity index (χ4v) is 2.96. The largest absolute Gasteiger partial charge is 0.618 e. The summed E-state index contributed by atoms with van der Waals surface area (Å²) in [4.78, 5) is 4.46. The average molecular weight is 374 g/mol. The summed E-state index contributed by atoms with van der Waals surface area (Å²) in [7, 11) is 0. The van der Waals surface area contributed by atoms with Crippen LogP contribution in [0.15, 0.2) is 79.0 Å². The van der Waals surface area contributed by atoms with Gasteiger partial charge in [0.25, 0.3) is 0 Å². The molecule has 4 rings (SSSR count). The van der Waals surface area contributed by atoms with Crippen molar-refractivity contribution in [3.8, 4) is 22.4 Å². The molecule has 2 aromatic heterocycles. The van der Waals surface area contributed by atoms with Crippen molar-refractivity contribution in [3.63, 3.8) is 0 Å². The van der Waals surface area contributed by atoms with Crippen LogP contribution in [-0.4, -0.2) is 4.98 Å². The van der Waals surface area contributed by atoms with Crippen LogP contribution in [0.5, 0.6) is 0 Å². The van der Waals surface area contributed by atoms with Gasteiger partial charge in [0.15, 0.2) is 6.20 Å². The fraction of sp³-hybridized carbons (Fsp3) is 0.167. The van der Waals surface area contributed by atoms with E-state index < -0.39 is 0 Å². The Morgan fingerprint density at radius 1 is 0.786 bits per heavy atom. The maximum absolute atomic E-state index is 12.4. The van der Waals surface area contributed by atoms with Crippen molar-refractivity contribution in [2.24, 2.45) is 0 Å². The second-order valence-corrected chi connectivity index (χ2v) is 5.58. The lowest BCUT2D eigenvalue weighted by Crippen LogP contribution is -2.29. The minimum Gasteiger partial charge on any atom is -0.618 e. The van der Waals surface area contributed by atoms with E-state index in [-0.39, 0.29) is 0 Å². The Morgan fingerprint density at radius 2 is 1.32 bits per heavy atom. The first-order valence-electron chi connectivity index (χ1n) is 9.67. The summed E-state index contributed by atoms with van der Waals surface area (Å²) in [5, 5.41) is 13.3. The van der Waals surface area contributed by atoms with Crippen molar-refractivity contribution in [2.75, 3.05) is 5.73 Å². The molecule has 4 aromatic rings. The van der Waals surface area contributed by atoms with Crippen LogP contribution >= 0.6 is 0 Å². The molecule has 2 aromatic carbocycles. The highest BCUT2D eigenvalue weighted by atomic mass is 16.5. The minimum absolute atomic E-state index is 0.393. The van der Waals surface area contributed by atoms with Gasteiger partial charge in [-0.2, -0.15) is 4.73 Å². The summed E-state index contributed by atoms with van der Waals surface area (Å²) >= 11 is 0. The number of nitrogens with zero attached hydrogens (tertiary/aromatic N) is 2. The zero-order chi connectivity index (χ0) is 20.5. The summed E-state index contributed by atoms with van der Waals surface area (Å²) in [6.45, 7) is 8.00. The molecule has 0 aliphatic carbocycles. The highest BCUT2D eigenvalue weighted by molar-refractivity contribution is 6.00. The van der Waals surface area contributed by atoms with Gasteiger partial charge < -0.3 is 10.9 Å². The van der Waals surface area contributed by atoms with Gasteiger partial charge in [0.2, 0.25) is 5.69 Å². The summed E-state index contributed by atoms with van der Waals surface area (Å²) < 4.78 is 0.846. The molecule has 144 valence electrons. The standard InChI is InChI=1S/C20H15N3O.2C2H6/c21-18-13-17(14-7-3-1-4-8-14)16-11-12-23(24)20(19(16)22-18)15-9-5-2-6-10-15;2*1-2/h1-13H,(H2,21,22);2*1-2H3. The molecule has 0 amide bonds. The Labute approximate surface area is 166 Å². The molecule has 0 fully saturated rings. The zero-order valence-electron chi connectivity index (χ0n) is 16.9. The van der Waals surface area contributed by atoms with Gasteiger partial charge in [-0.1, -0.05) is 76.2 Å². The molecule has 0 saturated heterocycles. The van der Waals surface area contributed by atoms with E-state index in [1.807, 2.05) is 94.4 Å². The summed E-state index contributed by atoms with van der Waals surface area (Å²) in [6, 6.07) is 23.1. The van der Waals surface area contributed by atoms with Gasteiger partial charge >= 0.3 is 0 Å². The lowest BCUT2D eigenvalue weighted by molar-refractivity contribution is -0.592. The highest BCUT2D eigenvalue weighted by Gasteiger charge is 2.18. The number of hydrogen-bond acceptors (Lipinski definition) is 3. The molecule has 28 heavy (non-hydrogen) atoms. The van der Waals surface area contributed by atoms with Crippen molar-refractivity contribution < 1.29 is 4.73 Å². The topological polar surface area (TPSA) is 65.8 Å². The molecule has 0 unspecified atom stereocenters. The fourth-order valence-electron chi connectivity index (χ4n) is 2.96. The third-order valence-corrected chi connectivity index (χ3v) is 4.03. The Bertz CT molecular complexity index is 1020. The SMILES string of the molecule is CC.CC.Nc1cc(-c2ccccc2)c2cc[n+]([O-])c(-c3ccccc3)c2n1. The molecule has 0 radical (unpaired) electrons. The minimum atomic E-state index is 0.393.